The van der Waals surface area contributed by atoms with Crippen molar-refractivity contribution in [3.05, 3.63) is 59.2 Å². The molecule has 3 heterocycles. The summed E-state index contributed by atoms with van der Waals surface area (Å²) in [5.74, 6) is 1.73. The Morgan fingerprint density at radius 3 is 2.59 bits per heavy atom. The fourth-order valence-corrected chi connectivity index (χ4v) is 4.65. The van der Waals surface area contributed by atoms with Crippen LogP contribution in [0, 0.1) is 12.8 Å². The van der Waals surface area contributed by atoms with Gasteiger partial charge in [0.05, 0.1) is 11.0 Å². The summed E-state index contributed by atoms with van der Waals surface area (Å²) in [5, 5.41) is 5.06. The van der Waals surface area contributed by atoms with Gasteiger partial charge in [0, 0.05) is 17.5 Å². The highest BCUT2D eigenvalue weighted by atomic mass is 35.5. The van der Waals surface area contributed by atoms with Crippen LogP contribution in [0.1, 0.15) is 24.8 Å². The molecule has 1 N–H and O–H groups in total. The van der Waals surface area contributed by atoms with E-state index >= 15 is 0 Å². The molecule has 4 nitrogen and oxygen atoms in total. The van der Waals surface area contributed by atoms with E-state index in [4.69, 9.17) is 16.6 Å². The second-order valence-corrected chi connectivity index (χ2v) is 8.41. The lowest BCUT2D eigenvalue weighted by Gasteiger charge is -2.23. The highest BCUT2D eigenvalue weighted by Crippen LogP contribution is 2.34. The van der Waals surface area contributed by atoms with E-state index in [0.717, 1.165) is 65.3 Å². The minimum Gasteiger partial charge on any atom is -0.323 e. The summed E-state index contributed by atoms with van der Waals surface area (Å²) in [7, 11) is 0. The fraction of sp³-hybridized carbons (Fsp3) is 0.333. The molecular weight excluding hydrogens is 380 g/mol. The van der Waals surface area contributed by atoms with Crippen LogP contribution < -0.4 is 5.32 Å². The minimum atomic E-state index is 0.479. The van der Waals surface area contributed by atoms with Crippen molar-refractivity contribution < 1.29 is 0 Å². The maximum Gasteiger partial charge on any atom is 0.157 e. The number of hydrogen-bond acceptors (Lipinski definition) is 3. The van der Waals surface area contributed by atoms with Crippen molar-refractivity contribution in [2.24, 2.45) is 5.92 Å². The van der Waals surface area contributed by atoms with E-state index in [2.05, 4.69) is 58.2 Å². The van der Waals surface area contributed by atoms with Crippen molar-refractivity contribution in [2.45, 2.75) is 32.7 Å². The Morgan fingerprint density at radius 1 is 1.03 bits per heavy atom. The Labute approximate surface area is 175 Å². The van der Waals surface area contributed by atoms with Gasteiger partial charge in [-0.15, -0.1) is 0 Å². The zero-order valence-electron chi connectivity index (χ0n) is 16.7. The molecule has 0 spiro atoms. The SMILES string of the molecule is Cc1ccc(-c2nc3c(Cl)nc4ccccc4c3n2CCC2CCNCC2)cc1. The summed E-state index contributed by atoms with van der Waals surface area (Å²) in [6, 6.07) is 16.8. The molecule has 0 aliphatic carbocycles. The zero-order valence-corrected chi connectivity index (χ0v) is 17.4. The summed E-state index contributed by atoms with van der Waals surface area (Å²) in [5.41, 5.74) is 5.19. The first kappa shape index (κ1) is 18.6. The van der Waals surface area contributed by atoms with Gasteiger partial charge in [0.2, 0.25) is 0 Å². The molecule has 1 aliphatic heterocycles. The van der Waals surface area contributed by atoms with Gasteiger partial charge in [0.1, 0.15) is 11.3 Å². The van der Waals surface area contributed by atoms with Gasteiger partial charge >= 0.3 is 0 Å². The lowest BCUT2D eigenvalue weighted by molar-refractivity contribution is 0.340. The second kappa shape index (κ2) is 7.77. The fourth-order valence-electron chi connectivity index (χ4n) is 4.42. The number of nitrogens with one attached hydrogen (secondary N) is 1. The molecule has 0 bridgehead atoms. The average molecular weight is 405 g/mol. The minimum absolute atomic E-state index is 0.479. The van der Waals surface area contributed by atoms with Gasteiger partial charge in [-0.2, -0.15) is 0 Å². The van der Waals surface area contributed by atoms with Crippen LogP contribution in [0.2, 0.25) is 5.15 Å². The lowest BCUT2D eigenvalue weighted by Crippen LogP contribution is -2.28. The molecule has 148 valence electrons. The first-order valence-corrected chi connectivity index (χ1v) is 10.8. The third-order valence-electron chi connectivity index (χ3n) is 6.07. The van der Waals surface area contributed by atoms with Gasteiger partial charge in [-0.25, -0.2) is 9.97 Å². The molecule has 0 saturated carbocycles. The lowest BCUT2D eigenvalue weighted by atomic mass is 9.94. The number of aromatic nitrogens is 3. The molecule has 0 amide bonds. The van der Waals surface area contributed by atoms with E-state index in [1.165, 1.54) is 18.4 Å². The largest absolute Gasteiger partial charge is 0.323 e. The first-order chi connectivity index (χ1) is 14.2. The Balaban J connectivity index is 1.68. The third kappa shape index (κ3) is 3.52. The maximum absolute atomic E-state index is 6.59. The van der Waals surface area contributed by atoms with Gasteiger partial charge in [-0.1, -0.05) is 59.6 Å². The van der Waals surface area contributed by atoms with E-state index in [-0.39, 0.29) is 0 Å². The van der Waals surface area contributed by atoms with Crippen molar-refractivity contribution in [3.8, 4) is 11.4 Å². The molecule has 2 aromatic carbocycles. The summed E-state index contributed by atoms with van der Waals surface area (Å²) < 4.78 is 2.37. The number of imidazole rings is 1. The topological polar surface area (TPSA) is 42.7 Å². The summed E-state index contributed by atoms with van der Waals surface area (Å²) in [4.78, 5) is 9.58. The molecule has 1 fully saturated rings. The average Bonchev–Trinajstić information content (AvgIpc) is 3.14. The van der Waals surface area contributed by atoms with Crippen molar-refractivity contribution >= 4 is 33.5 Å². The predicted molar refractivity (Wildman–Crippen MR) is 120 cm³/mol. The molecule has 29 heavy (non-hydrogen) atoms. The quantitative estimate of drug-likeness (QED) is 0.450. The number of rotatable bonds is 4. The monoisotopic (exact) mass is 404 g/mol. The standard InChI is InChI=1S/C24H25ClN4/c1-16-6-8-18(9-7-16)24-28-21-22(19-4-2-3-5-20(19)27-23(21)25)29(24)15-12-17-10-13-26-14-11-17/h2-9,17,26H,10-15H2,1H3. The summed E-state index contributed by atoms with van der Waals surface area (Å²) in [6.45, 7) is 5.30. The Kier molecular flexibility index (Phi) is 4.98. The number of piperidine rings is 1. The summed E-state index contributed by atoms with van der Waals surface area (Å²) >= 11 is 6.59. The second-order valence-electron chi connectivity index (χ2n) is 8.05. The smallest absolute Gasteiger partial charge is 0.157 e. The summed E-state index contributed by atoms with van der Waals surface area (Å²) in [6.07, 6.45) is 3.64. The number of para-hydroxylation sites is 1. The highest BCUT2D eigenvalue weighted by molar-refractivity contribution is 6.35. The highest BCUT2D eigenvalue weighted by Gasteiger charge is 2.20. The number of pyridine rings is 1. The van der Waals surface area contributed by atoms with E-state index in [0.29, 0.717) is 5.15 Å². The van der Waals surface area contributed by atoms with E-state index in [1.54, 1.807) is 0 Å². The number of fused-ring (bicyclic) bond motifs is 3. The van der Waals surface area contributed by atoms with Crippen LogP contribution in [0.3, 0.4) is 0 Å². The van der Waals surface area contributed by atoms with Gasteiger partial charge in [0.25, 0.3) is 0 Å². The van der Waals surface area contributed by atoms with Crippen molar-refractivity contribution in [1.82, 2.24) is 19.9 Å². The number of benzene rings is 2. The molecule has 2 aromatic heterocycles. The molecule has 0 atom stereocenters. The normalized spacial score (nSPS) is 15.4. The van der Waals surface area contributed by atoms with Crippen molar-refractivity contribution in [1.29, 1.82) is 0 Å². The predicted octanol–water partition coefficient (Wildman–Crippen LogP) is 5.60. The molecule has 0 unspecified atom stereocenters. The van der Waals surface area contributed by atoms with Crippen LogP contribution in [0.25, 0.3) is 33.3 Å². The number of hydrogen-bond donors (Lipinski definition) is 1. The number of halogens is 1. The van der Waals surface area contributed by atoms with Crippen LogP contribution in [0.15, 0.2) is 48.5 Å². The van der Waals surface area contributed by atoms with E-state index in [9.17, 15) is 0 Å². The van der Waals surface area contributed by atoms with Crippen LogP contribution in [-0.2, 0) is 6.54 Å². The molecule has 5 heteroatoms. The molecule has 4 aromatic rings. The van der Waals surface area contributed by atoms with Crippen molar-refractivity contribution in [3.63, 3.8) is 0 Å². The number of nitrogens with zero attached hydrogens (tertiary/aromatic N) is 3. The zero-order chi connectivity index (χ0) is 19.8. The van der Waals surface area contributed by atoms with Crippen LogP contribution in [-0.4, -0.2) is 27.6 Å². The Bertz CT molecular complexity index is 1160. The molecular formula is C24H25ClN4. The maximum atomic E-state index is 6.59. The number of aryl methyl sites for hydroxylation is 2. The van der Waals surface area contributed by atoms with Crippen molar-refractivity contribution in [2.75, 3.05) is 13.1 Å². The van der Waals surface area contributed by atoms with Crippen LogP contribution in [0.5, 0.6) is 0 Å². The van der Waals surface area contributed by atoms with Crippen LogP contribution in [0.4, 0.5) is 0 Å². The molecule has 0 radical (unpaired) electrons. The van der Waals surface area contributed by atoms with E-state index in [1.807, 2.05) is 12.1 Å². The third-order valence-corrected chi connectivity index (χ3v) is 6.33. The Hall–Kier alpha value is -2.43. The van der Waals surface area contributed by atoms with Gasteiger partial charge in [-0.05, 0) is 51.3 Å². The van der Waals surface area contributed by atoms with Gasteiger partial charge in [0.15, 0.2) is 5.15 Å². The van der Waals surface area contributed by atoms with Gasteiger partial charge < -0.3 is 9.88 Å². The Morgan fingerprint density at radius 2 is 1.79 bits per heavy atom. The van der Waals surface area contributed by atoms with E-state index < -0.39 is 0 Å². The molecule has 5 rings (SSSR count). The molecule has 1 saturated heterocycles. The molecule has 1 aliphatic rings. The van der Waals surface area contributed by atoms with Crippen LogP contribution >= 0.6 is 11.6 Å². The first-order valence-electron chi connectivity index (χ1n) is 10.4. The van der Waals surface area contributed by atoms with Gasteiger partial charge in [-0.3, -0.25) is 0 Å².